The van der Waals surface area contributed by atoms with Gasteiger partial charge in [0.15, 0.2) is 0 Å². The first kappa shape index (κ1) is 23.3. The lowest BCUT2D eigenvalue weighted by Gasteiger charge is -2.26. The van der Waals surface area contributed by atoms with Gasteiger partial charge in [0.25, 0.3) is 0 Å². The van der Waals surface area contributed by atoms with Gasteiger partial charge in [-0.2, -0.15) is 0 Å². The Bertz CT molecular complexity index is 1050. The molecule has 0 aromatic heterocycles. The van der Waals surface area contributed by atoms with Crippen LogP contribution in [0.3, 0.4) is 0 Å². The Morgan fingerprint density at radius 2 is 0.938 bits per heavy atom. The topological polar surface area (TPSA) is 17.1 Å². The van der Waals surface area contributed by atoms with Crippen molar-refractivity contribution >= 4 is 5.78 Å². The van der Waals surface area contributed by atoms with E-state index in [-0.39, 0.29) is 10.8 Å². The van der Waals surface area contributed by atoms with Gasteiger partial charge in [0, 0.05) is 12.8 Å². The highest BCUT2D eigenvalue weighted by Crippen LogP contribution is 2.45. The minimum Gasteiger partial charge on any atom is -0.299 e. The van der Waals surface area contributed by atoms with E-state index in [9.17, 15) is 4.79 Å². The maximum atomic E-state index is 13.5. The van der Waals surface area contributed by atoms with E-state index in [2.05, 4.69) is 69.2 Å². The average Bonchev–Trinajstić information content (AvgIpc) is 3.20. The van der Waals surface area contributed by atoms with Gasteiger partial charge in [-0.3, -0.25) is 4.79 Å². The lowest BCUT2D eigenvalue weighted by atomic mass is 9.78. The van der Waals surface area contributed by atoms with E-state index in [0.717, 1.165) is 12.8 Å². The summed E-state index contributed by atoms with van der Waals surface area (Å²) in [4.78, 5) is 13.5. The van der Waals surface area contributed by atoms with E-state index >= 15 is 0 Å². The van der Waals surface area contributed by atoms with Crippen LogP contribution in [0.15, 0.2) is 0 Å². The number of benzene rings is 2. The summed E-state index contributed by atoms with van der Waals surface area (Å²) in [6, 6.07) is 0. The Labute approximate surface area is 196 Å². The molecule has 0 atom stereocenters. The van der Waals surface area contributed by atoms with Crippen LogP contribution in [0.1, 0.15) is 107 Å². The van der Waals surface area contributed by atoms with Crippen molar-refractivity contribution in [1.29, 1.82) is 0 Å². The third-order valence-corrected chi connectivity index (χ3v) is 9.30. The molecule has 1 heteroatoms. The van der Waals surface area contributed by atoms with Crippen LogP contribution in [0.4, 0.5) is 0 Å². The fraction of sp³-hybridized carbons (Fsp3) is 0.581. The van der Waals surface area contributed by atoms with Crippen molar-refractivity contribution in [3.05, 3.63) is 66.8 Å². The summed E-state index contributed by atoms with van der Waals surface area (Å²) < 4.78 is 0. The standard InChI is InChI=1S/C31H42O/c1-17-19(3)28-24(11-13-30(28,7)8)21(5)26(17)15-23(32)16-27-18(2)20(4)29-25(22(27)6)12-14-31(29,9)10/h11-16H2,1-10H3. The first-order valence-electron chi connectivity index (χ1n) is 12.5. The van der Waals surface area contributed by atoms with Crippen LogP contribution in [0.25, 0.3) is 0 Å². The van der Waals surface area contributed by atoms with E-state index in [1.54, 1.807) is 11.1 Å². The molecule has 32 heavy (non-hydrogen) atoms. The molecule has 2 aliphatic carbocycles. The van der Waals surface area contributed by atoms with Gasteiger partial charge in [-0.25, -0.2) is 0 Å². The maximum Gasteiger partial charge on any atom is 0.141 e. The Morgan fingerprint density at radius 1 is 0.594 bits per heavy atom. The molecule has 0 bridgehead atoms. The van der Waals surface area contributed by atoms with Crippen molar-refractivity contribution in [1.82, 2.24) is 0 Å². The van der Waals surface area contributed by atoms with Crippen molar-refractivity contribution < 1.29 is 4.79 Å². The van der Waals surface area contributed by atoms with Gasteiger partial charge in [0.1, 0.15) is 5.78 Å². The van der Waals surface area contributed by atoms with Gasteiger partial charge < -0.3 is 0 Å². The van der Waals surface area contributed by atoms with Gasteiger partial charge in [-0.05, 0) is 145 Å². The molecule has 0 heterocycles. The number of Topliss-reactive ketones (excluding diaryl/α,β-unsaturated/α-hetero) is 1. The quantitative estimate of drug-likeness (QED) is 0.496. The minimum absolute atomic E-state index is 0.251. The molecule has 0 N–H and O–H groups in total. The Morgan fingerprint density at radius 3 is 1.28 bits per heavy atom. The van der Waals surface area contributed by atoms with Crippen molar-refractivity contribution in [3.63, 3.8) is 0 Å². The van der Waals surface area contributed by atoms with Crippen LogP contribution in [0.5, 0.6) is 0 Å². The van der Waals surface area contributed by atoms with Gasteiger partial charge in [0.2, 0.25) is 0 Å². The Kier molecular flexibility index (Phi) is 5.51. The smallest absolute Gasteiger partial charge is 0.141 e. The van der Waals surface area contributed by atoms with Crippen molar-refractivity contribution in [2.45, 2.75) is 119 Å². The highest BCUT2D eigenvalue weighted by molar-refractivity contribution is 5.85. The first-order chi connectivity index (χ1) is 14.8. The van der Waals surface area contributed by atoms with Crippen LogP contribution in [0.2, 0.25) is 0 Å². The first-order valence-corrected chi connectivity index (χ1v) is 12.5. The minimum atomic E-state index is 0.251. The van der Waals surface area contributed by atoms with E-state index in [4.69, 9.17) is 0 Å². The zero-order valence-corrected chi connectivity index (χ0v) is 22.2. The molecule has 0 saturated carbocycles. The molecule has 0 saturated heterocycles. The van der Waals surface area contributed by atoms with E-state index in [1.807, 2.05) is 0 Å². The van der Waals surface area contributed by atoms with Crippen molar-refractivity contribution in [3.8, 4) is 0 Å². The fourth-order valence-electron chi connectivity index (χ4n) is 7.15. The molecular weight excluding hydrogens is 388 g/mol. The molecule has 2 aromatic rings. The highest BCUT2D eigenvalue weighted by Gasteiger charge is 2.36. The molecule has 0 unspecified atom stereocenters. The van der Waals surface area contributed by atoms with Crippen LogP contribution in [0, 0.1) is 41.5 Å². The van der Waals surface area contributed by atoms with Crippen LogP contribution < -0.4 is 0 Å². The third-order valence-electron chi connectivity index (χ3n) is 9.30. The average molecular weight is 431 g/mol. The fourth-order valence-corrected chi connectivity index (χ4v) is 7.15. The third kappa shape index (κ3) is 3.39. The van der Waals surface area contributed by atoms with Gasteiger partial charge >= 0.3 is 0 Å². The second-order valence-electron chi connectivity index (χ2n) is 12.1. The number of ketones is 1. The molecule has 2 aromatic carbocycles. The predicted molar refractivity (Wildman–Crippen MR) is 136 cm³/mol. The molecule has 0 amide bonds. The van der Waals surface area contributed by atoms with Crippen LogP contribution >= 0.6 is 0 Å². The molecule has 172 valence electrons. The lowest BCUT2D eigenvalue weighted by molar-refractivity contribution is -0.117. The van der Waals surface area contributed by atoms with E-state index < -0.39 is 0 Å². The monoisotopic (exact) mass is 430 g/mol. The predicted octanol–water partition coefficient (Wildman–Crippen LogP) is 7.34. The summed E-state index contributed by atoms with van der Waals surface area (Å²) in [5.41, 5.74) is 17.5. The van der Waals surface area contributed by atoms with Crippen LogP contribution in [-0.2, 0) is 41.3 Å². The van der Waals surface area contributed by atoms with Crippen LogP contribution in [-0.4, -0.2) is 5.78 Å². The zero-order valence-electron chi connectivity index (χ0n) is 22.2. The van der Waals surface area contributed by atoms with E-state index in [1.165, 1.54) is 68.5 Å². The molecule has 0 fully saturated rings. The molecule has 0 spiro atoms. The molecule has 1 nitrogen and oxygen atoms in total. The highest BCUT2D eigenvalue weighted by atomic mass is 16.1. The molecule has 0 radical (unpaired) electrons. The number of fused-ring (bicyclic) bond motifs is 2. The summed E-state index contributed by atoms with van der Waals surface area (Å²) in [6.07, 6.45) is 5.84. The maximum absolute atomic E-state index is 13.5. The number of rotatable bonds is 4. The van der Waals surface area contributed by atoms with Crippen molar-refractivity contribution in [2.24, 2.45) is 0 Å². The molecule has 0 aliphatic heterocycles. The SMILES string of the molecule is Cc1c(C)c2c(c(C)c1CC(=O)Cc1c(C)c(C)c3c(c1C)CCC3(C)C)CCC2(C)C. The van der Waals surface area contributed by atoms with Crippen molar-refractivity contribution in [2.75, 3.05) is 0 Å². The van der Waals surface area contributed by atoms with Gasteiger partial charge in [-0.15, -0.1) is 0 Å². The molecular formula is C31H42O. The van der Waals surface area contributed by atoms with Gasteiger partial charge in [0.05, 0.1) is 0 Å². The molecule has 4 rings (SSSR count). The lowest BCUT2D eigenvalue weighted by Crippen LogP contribution is -2.18. The second-order valence-corrected chi connectivity index (χ2v) is 12.1. The summed E-state index contributed by atoms with van der Waals surface area (Å²) in [5, 5.41) is 0. The second kappa shape index (κ2) is 7.57. The number of hydrogen-bond donors (Lipinski definition) is 0. The number of carbonyl (C=O) groups excluding carboxylic acids is 1. The zero-order chi connectivity index (χ0) is 23.7. The Balaban J connectivity index is 1.69. The summed E-state index contributed by atoms with van der Waals surface area (Å²) in [5.74, 6) is 0.357. The Hall–Kier alpha value is -1.89. The summed E-state index contributed by atoms with van der Waals surface area (Å²) in [7, 11) is 0. The van der Waals surface area contributed by atoms with E-state index in [0.29, 0.717) is 18.6 Å². The number of hydrogen-bond acceptors (Lipinski definition) is 1. The number of carbonyl (C=O) groups is 1. The summed E-state index contributed by atoms with van der Waals surface area (Å²) >= 11 is 0. The molecule has 2 aliphatic rings. The largest absolute Gasteiger partial charge is 0.299 e. The van der Waals surface area contributed by atoms with Gasteiger partial charge in [-0.1, -0.05) is 27.7 Å². The normalized spacial score (nSPS) is 18.1. The summed E-state index contributed by atoms with van der Waals surface area (Å²) in [6.45, 7) is 23.0.